The minimum absolute atomic E-state index is 0.0785. The van der Waals surface area contributed by atoms with Gasteiger partial charge < -0.3 is 15.3 Å². The van der Waals surface area contributed by atoms with Gasteiger partial charge in [0.15, 0.2) is 11.6 Å². The van der Waals surface area contributed by atoms with Crippen LogP contribution in [0.15, 0.2) is 11.6 Å². The zero-order chi connectivity index (χ0) is 22.4. The Morgan fingerprint density at radius 3 is 2.60 bits per heavy atom. The Morgan fingerprint density at radius 1 is 1.37 bits per heavy atom. The summed E-state index contributed by atoms with van der Waals surface area (Å²) in [5, 5.41) is 32.1. The second-order valence-electron chi connectivity index (χ2n) is 10.3. The fourth-order valence-corrected chi connectivity index (χ4v) is 8.59. The molecule has 0 aromatic heterocycles. The van der Waals surface area contributed by atoms with Gasteiger partial charge in [-0.05, 0) is 42.7 Å². The van der Waals surface area contributed by atoms with E-state index in [1.165, 1.54) is 6.08 Å². The monoisotopic (exact) mass is 490 g/mol. The van der Waals surface area contributed by atoms with Crippen LogP contribution in [0.2, 0.25) is 0 Å². The molecular weight excluding hydrogens is 462 g/mol. The van der Waals surface area contributed by atoms with Crippen molar-refractivity contribution >= 4 is 27.5 Å². The van der Waals surface area contributed by atoms with Crippen molar-refractivity contribution in [2.24, 2.45) is 28.6 Å². The molecule has 0 aromatic rings. The largest absolute Gasteiger partial charge is 0.390 e. The number of ketones is 2. The van der Waals surface area contributed by atoms with E-state index in [4.69, 9.17) is 0 Å². The van der Waals surface area contributed by atoms with Crippen molar-refractivity contribution in [3.05, 3.63) is 11.6 Å². The molecule has 0 heterocycles. The lowest BCUT2D eigenvalue weighted by Gasteiger charge is -2.65. The summed E-state index contributed by atoms with van der Waals surface area (Å²) in [5.41, 5.74) is -6.67. The molecule has 5 nitrogen and oxygen atoms in total. The third kappa shape index (κ3) is 2.32. The van der Waals surface area contributed by atoms with Gasteiger partial charge in [0.05, 0.1) is 10.9 Å². The van der Waals surface area contributed by atoms with Gasteiger partial charge in [-0.25, -0.2) is 8.78 Å². The number of fused-ring (bicyclic) bond motifs is 5. The minimum Gasteiger partial charge on any atom is -0.390 e. The highest BCUT2D eigenvalue weighted by molar-refractivity contribution is 9.09. The Bertz CT molecular complexity index is 834. The number of Topliss-reactive ketones (excluding diaryl/α,β-unsaturated/α-hetero) is 1. The highest BCUT2D eigenvalue weighted by atomic mass is 79.9. The molecule has 3 N–H and O–H groups in total. The molecule has 30 heavy (non-hydrogen) atoms. The van der Waals surface area contributed by atoms with E-state index in [0.717, 1.165) is 0 Å². The van der Waals surface area contributed by atoms with Crippen LogP contribution in [0.4, 0.5) is 8.78 Å². The van der Waals surface area contributed by atoms with E-state index >= 15 is 8.78 Å². The Morgan fingerprint density at radius 2 is 2.00 bits per heavy atom. The summed E-state index contributed by atoms with van der Waals surface area (Å²) in [6, 6.07) is 0. The van der Waals surface area contributed by atoms with Gasteiger partial charge in [-0.2, -0.15) is 0 Å². The molecule has 0 aromatic carbocycles. The van der Waals surface area contributed by atoms with Crippen molar-refractivity contribution in [1.82, 2.24) is 0 Å². The first-order valence-electron chi connectivity index (χ1n) is 10.6. The maximum Gasteiger partial charge on any atom is 0.190 e. The number of alkyl halides is 3. The molecule has 10 atom stereocenters. The van der Waals surface area contributed by atoms with E-state index in [-0.39, 0.29) is 37.0 Å². The van der Waals surface area contributed by atoms with Crippen LogP contribution in [-0.2, 0) is 9.59 Å². The van der Waals surface area contributed by atoms with Gasteiger partial charge in [0.25, 0.3) is 0 Å². The number of carbonyl (C=O) groups excluding carboxylic acids is 2. The first-order valence-corrected chi connectivity index (χ1v) is 11.5. The predicted molar refractivity (Wildman–Crippen MR) is 108 cm³/mol. The zero-order valence-electron chi connectivity index (χ0n) is 17.4. The van der Waals surface area contributed by atoms with Crippen LogP contribution in [0.5, 0.6) is 0 Å². The normalized spacial score (nSPS) is 55.4. The molecule has 0 bridgehead atoms. The molecule has 4 aliphatic rings. The molecular formula is C22H29BrF2O5. The fraction of sp³-hybridized carbons (Fsp3) is 0.818. The number of aliphatic hydroxyl groups excluding tert-OH is 2. The number of allylic oxidation sites excluding steroid dienone is 1. The third-order valence-electron chi connectivity index (χ3n) is 9.19. The molecule has 0 radical (unpaired) electrons. The van der Waals surface area contributed by atoms with Crippen LogP contribution in [0.1, 0.15) is 46.5 Å². The molecule has 168 valence electrons. The van der Waals surface area contributed by atoms with E-state index in [2.05, 4.69) is 15.9 Å². The quantitative estimate of drug-likeness (QED) is 0.516. The summed E-state index contributed by atoms with van der Waals surface area (Å²) in [5.74, 6) is -3.21. The highest BCUT2D eigenvalue weighted by Gasteiger charge is 2.78. The van der Waals surface area contributed by atoms with Crippen LogP contribution in [0, 0.1) is 28.6 Å². The van der Waals surface area contributed by atoms with Crippen molar-refractivity contribution in [3.8, 4) is 0 Å². The average molecular weight is 491 g/mol. The first-order chi connectivity index (χ1) is 13.8. The number of aliphatic hydroxyl groups is 3. The molecule has 4 rings (SSSR count). The predicted octanol–water partition coefficient (Wildman–Crippen LogP) is 2.44. The Kier molecular flexibility index (Phi) is 4.99. The van der Waals surface area contributed by atoms with Crippen LogP contribution in [0.3, 0.4) is 0 Å². The Labute approximate surface area is 183 Å². The van der Waals surface area contributed by atoms with Crippen molar-refractivity contribution in [2.75, 3.05) is 6.61 Å². The highest BCUT2D eigenvalue weighted by Crippen LogP contribution is 2.72. The molecule has 0 spiro atoms. The molecule has 0 saturated heterocycles. The standard InChI is InChI=1S/C22H29BrF2O5/c1-10-6-12-16-17(23)18(24)13-7-11(27)4-5-19(13,2)21(16,25)14(28)8-20(12,3)22(10,30)15(29)9-26/h7,10,12,14,16-18,26,28,30H,4-6,8-9H2,1-3H3/t10?,12-,14-,16+,17?,18?,19-,20-,21+,22-/m0/s1. The van der Waals surface area contributed by atoms with E-state index in [1.54, 1.807) is 20.8 Å². The van der Waals surface area contributed by atoms with Crippen LogP contribution in [-0.4, -0.2) is 61.9 Å². The first kappa shape index (κ1) is 22.5. The number of rotatable bonds is 2. The van der Waals surface area contributed by atoms with E-state index in [9.17, 15) is 24.9 Å². The van der Waals surface area contributed by atoms with Gasteiger partial charge in [-0.1, -0.05) is 36.7 Å². The summed E-state index contributed by atoms with van der Waals surface area (Å²) >= 11 is 3.34. The summed E-state index contributed by atoms with van der Waals surface area (Å²) in [6.45, 7) is 4.04. The Hall–Kier alpha value is -0.700. The average Bonchev–Trinajstić information content (AvgIpc) is 2.89. The number of carbonyl (C=O) groups is 2. The SMILES string of the molecule is CC1C[C@H]2[C@@H]3C(Br)C(F)C4=CC(=O)CC[C@]4(C)[C@@]3(F)[C@@H](O)C[C@]2(C)[C@@]1(O)C(=O)CO. The van der Waals surface area contributed by atoms with Crippen LogP contribution < -0.4 is 0 Å². The van der Waals surface area contributed by atoms with Crippen molar-refractivity contribution in [1.29, 1.82) is 0 Å². The van der Waals surface area contributed by atoms with Crippen molar-refractivity contribution in [3.63, 3.8) is 0 Å². The number of halogens is 3. The maximum absolute atomic E-state index is 17.1. The van der Waals surface area contributed by atoms with Gasteiger partial charge in [-0.15, -0.1) is 0 Å². The second kappa shape index (κ2) is 6.65. The maximum atomic E-state index is 17.1. The smallest absolute Gasteiger partial charge is 0.190 e. The molecule has 3 fully saturated rings. The Balaban J connectivity index is 1.91. The van der Waals surface area contributed by atoms with E-state index in [0.29, 0.717) is 0 Å². The minimum atomic E-state index is -2.23. The molecule has 4 aliphatic carbocycles. The lowest BCUT2D eigenvalue weighted by atomic mass is 9.43. The molecule has 0 amide bonds. The summed E-state index contributed by atoms with van der Waals surface area (Å²) < 4.78 is 32.7. The number of hydrogen-bond acceptors (Lipinski definition) is 5. The lowest BCUT2D eigenvalue weighted by Crippen LogP contribution is -2.73. The number of hydrogen-bond donors (Lipinski definition) is 3. The second-order valence-corrected chi connectivity index (χ2v) is 11.3. The molecule has 3 saturated carbocycles. The molecule has 8 heteroatoms. The fourth-order valence-electron chi connectivity index (χ4n) is 7.55. The van der Waals surface area contributed by atoms with Crippen molar-refractivity contribution in [2.45, 2.75) is 74.8 Å². The lowest BCUT2D eigenvalue weighted by molar-refractivity contribution is -0.231. The topological polar surface area (TPSA) is 94.8 Å². The summed E-state index contributed by atoms with van der Waals surface area (Å²) in [4.78, 5) is 23.6. The summed E-state index contributed by atoms with van der Waals surface area (Å²) in [7, 11) is 0. The summed E-state index contributed by atoms with van der Waals surface area (Å²) in [6.07, 6.45) is -1.74. The van der Waals surface area contributed by atoms with Gasteiger partial charge in [0.2, 0.25) is 0 Å². The zero-order valence-corrected chi connectivity index (χ0v) is 19.0. The van der Waals surface area contributed by atoms with Crippen LogP contribution >= 0.6 is 15.9 Å². The van der Waals surface area contributed by atoms with Crippen molar-refractivity contribution < 1.29 is 33.7 Å². The van der Waals surface area contributed by atoms with Gasteiger partial charge in [0.1, 0.15) is 24.0 Å². The van der Waals surface area contributed by atoms with Gasteiger partial charge in [-0.3, -0.25) is 9.59 Å². The van der Waals surface area contributed by atoms with E-state index < -0.39 is 69.3 Å². The van der Waals surface area contributed by atoms with Gasteiger partial charge >= 0.3 is 0 Å². The molecule has 3 unspecified atom stereocenters. The molecule has 0 aliphatic heterocycles. The van der Waals surface area contributed by atoms with E-state index in [1.807, 2.05) is 0 Å². The third-order valence-corrected chi connectivity index (χ3v) is 10.2. The van der Waals surface area contributed by atoms with Gasteiger partial charge in [0, 0.05) is 23.2 Å². The van der Waals surface area contributed by atoms with Crippen LogP contribution in [0.25, 0.3) is 0 Å².